The highest BCUT2D eigenvalue weighted by atomic mass is 16.5. The van der Waals surface area contributed by atoms with E-state index in [1.165, 1.54) is 16.7 Å². The number of hydrogen-bond donors (Lipinski definition) is 0. The van der Waals surface area contributed by atoms with Gasteiger partial charge in [-0.3, -0.25) is 9.55 Å². The highest BCUT2D eigenvalue weighted by molar-refractivity contribution is 6.21. The highest BCUT2D eigenvalue weighted by Crippen LogP contribution is 2.45. The van der Waals surface area contributed by atoms with Crippen molar-refractivity contribution in [2.75, 3.05) is 0 Å². The van der Waals surface area contributed by atoms with E-state index in [0.29, 0.717) is 17.5 Å². The summed E-state index contributed by atoms with van der Waals surface area (Å²) < 4.78 is 15.8. The number of benzene rings is 6. The van der Waals surface area contributed by atoms with Crippen LogP contribution >= 0.6 is 0 Å². The third-order valence-corrected chi connectivity index (χ3v) is 10.8. The molecule has 10 aromatic rings. The fourth-order valence-electron chi connectivity index (χ4n) is 8.42. The van der Waals surface area contributed by atoms with Gasteiger partial charge in [0.2, 0.25) is 5.88 Å². The van der Waals surface area contributed by atoms with Crippen molar-refractivity contribution in [1.29, 1.82) is 0 Å². The van der Waals surface area contributed by atoms with Crippen molar-refractivity contribution >= 4 is 54.6 Å². The molecule has 1 aliphatic carbocycles. The summed E-state index contributed by atoms with van der Waals surface area (Å²) in [5.74, 6) is 1.61. The quantitative estimate of drug-likeness (QED) is 0.183. The molecule has 5 heteroatoms. The van der Waals surface area contributed by atoms with E-state index in [-0.39, 0.29) is 0 Å². The van der Waals surface area contributed by atoms with Crippen molar-refractivity contribution in [2.24, 2.45) is 0 Å². The second-order valence-electron chi connectivity index (χ2n) is 13.7. The topological polar surface area (TPSA) is 53.1 Å². The van der Waals surface area contributed by atoms with E-state index in [4.69, 9.17) is 19.1 Å². The summed E-state index contributed by atoms with van der Waals surface area (Å²) in [5.41, 5.74) is 10.5. The van der Waals surface area contributed by atoms with Crippen LogP contribution in [0.5, 0.6) is 11.6 Å². The summed E-state index contributed by atoms with van der Waals surface area (Å²) in [6.45, 7) is 0. The average Bonchev–Trinajstić information content (AvgIpc) is 3.90. The fraction of sp³-hybridized carbons (Fsp3) is 0.0638. The number of nitrogens with zero attached hydrogens (tertiary/aromatic N) is 3. The maximum Gasteiger partial charge on any atom is 0.221 e. The standard InChI is InChI=1S/C47H31N3O2/c1-3-11-29(12-4-1)32-25-31-23-24-48-45(38(31)26-32)40-28-34(27-39-44-35-16-8-7-13-30(35)19-21-42(44)52-46(39)40)51-43-22-20-37-36-17-9-10-18-41(36)50(47(37)49-43)33-14-5-2-6-15-33/h1-24,27-28,32H,25-26H2. The van der Waals surface area contributed by atoms with Gasteiger partial charge in [0, 0.05) is 45.1 Å². The smallest absolute Gasteiger partial charge is 0.221 e. The van der Waals surface area contributed by atoms with Gasteiger partial charge in [0.05, 0.1) is 11.2 Å². The molecule has 0 spiro atoms. The molecule has 11 rings (SSSR count). The maximum atomic E-state index is 6.79. The zero-order valence-electron chi connectivity index (χ0n) is 28.2. The molecule has 6 aromatic carbocycles. The molecule has 4 heterocycles. The van der Waals surface area contributed by atoms with Crippen LogP contribution in [0.2, 0.25) is 0 Å². The van der Waals surface area contributed by atoms with Crippen LogP contribution in [0.3, 0.4) is 0 Å². The van der Waals surface area contributed by atoms with Crippen LogP contribution in [-0.2, 0) is 12.8 Å². The molecule has 0 bridgehead atoms. The summed E-state index contributed by atoms with van der Waals surface area (Å²) >= 11 is 0. The SMILES string of the molecule is c1ccc(C2Cc3ccnc(-c4cc(Oc5ccc6c7ccccc7n(-c7ccccc7)c6n5)cc5c4oc4ccc6ccccc6c45)c3C2)cc1. The number of para-hydroxylation sites is 2. The van der Waals surface area contributed by atoms with Crippen molar-refractivity contribution in [1.82, 2.24) is 14.5 Å². The Morgan fingerprint density at radius 2 is 1.44 bits per heavy atom. The minimum atomic E-state index is 0.404. The molecule has 246 valence electrons. The van der Waals surface area contributed by atoms with E-state index in [0.717, 1.165) is 84.4 Å². The van der Waals surface area contributed by atoms with Crippen LogP contribution in [0.4, 0.5) is 0 Å². The molecule has 1 unspecified atom stereocenters. The number of fused-ring (bicyclic) bond motifs is 9. The van der Waals surface area contributed by atoms with Crippen molar-refractivity contribution in [3.63, 3.8) is 0 Å². The maximum absolute atomic E-state index is 6.79. The Hall–Kier alpha value is -6.72. The Balaban J connectivity index is 1.11. The average molecular weight is 670 g/mol. The Labute approximate surface area is 299 Å². The third-order valence-electron chi connectivity index (χ3n) is 10.8. The summed E-state index contributed by atoms with van der Waals surface area (Å²) in [6, 6.07) is 52.8. The molecule has 0 saturated carbocycles. The molecule has 1 aliphatic rings. The van der Waals surface area contributed by atoms with Gasteiger partial charge in [0.1, 0.15) is 22.6 Å². The van der Waals surface area contributed by atoms with Gasteiger partial charge in [-0.15, -0.1) is 0 Å². The molecule has 0 N–H and O–H groups in total. The molecule has 0 amide bonds. The van der Waals surface area contributed by atoms with Gasteiger partial charge in [-0.25, -0.2) is 0 Å². The Morgan fingerprint density at radius 1 is 0.654 bits per heavy atom. The number of aromatic nitrogens is 3. The first-order valence-corrected chi connectivity index (χ1v) is 17.8. The molecule has 0 aliphatic heterocycles. The van der Waals surface area contributed by atoms with E-state index in [1.54, 1.807) is 0 Å². The Kier molecular flexibility index (Phi) is 6.37. The van der Waals surface area contributed by atoms with Gasteiger partial charge in [-0.2, -0.15) is 4.98 Å². The predicted octanol–water partition coefficient (Wildman–Crippen LogP) is 12.0. The lowest BCUT2D eigenvalue weighted by Crippen LogP contribution is -1.98. The zero-order chi connectivity index (χ0) is 34.2. The predicted molar refractivity (Wildman–Crippen MR) is 210 cm³/mol. The molecule has 0 fully saturated rings. The van der Waals surface area contributed by atoms with E-state index in [1.807, 2.05) is 18.3 Å². The summed E-state index contributed by atoms with van der Waals surface area (Å²) in [6.07, 6.45) is 3.84. The minimum Gasteiger partial charge on any atom is -0.455 e. The lowest BCUT2D eigenvalue weighted by molar-refractivity contribution is 0.465. The second-order valence-corrected chi connectivity index (χ2v) is 13.7. The second kappa shape index (κ2) is 11.4. The number of hydrogen-bond acceptors (Lipinski definition) is 4. The Morgan fingerprint density at radius 3 is 2.33 bits per heavy atom. The molecular formula is C47H31N3O2. The van der Waals surface area contributed by atoms with Crippen molar-refractivity contribution in [3.8, 4) is 28.6 Å². The molecular weight excluding hydrogens is 639 g/mol. The first kappa shape index (κ1) is 29.1. The largest absolute Gasteiger partial charge is 0.455 e. The number of ether oxygens (including phenoxy) is 1. The van der Waals surface area contributed by atoms with E-state index >= 15 is 0 Å². The van der Waals surface area contributed by atoms with Crippen molar-refractivity contribution < 1.29 is 9.15 Å². The molecule has 0 saturated heterocycles. The van der Waals surface area contributed by atoms with Gasteiger partial charge in [-0.1, -0.05) is 97.1 Å². The molecule has 0 radical (unpaired) electrons. The van der Waals surface area contributed by atoms with Crippen LogP contribution in [-0.4, -0.2) is 14.5 Å². The lowest BCUT2D eigenvalue weighted by Gasteiger charge is -2.12. The first-order valence-electron chi connectivity index (χ1n) is 17.8. The minimum absolute atomic E-state index is 0.404. The van der Waals surface area contributed by atoms with Crippen molar-refractivity contribution in [2.45, 2.75) is 18.8 Å². The summed E-state index contributed by atoms with van der Waals surface area (Å²) in [4.78, 5) is 10.2. The van der Waals surface area contributed by atoms with Crippen LogP contribution in [0.25, 0.3) is 71.6 Å². The highest BCUT2D eigenvalue weighted by Gasteiger charge is 2.28. The zero-order valence-corrected chi connectivity index (χ0v) is 28.2. The molecule has 4 aromatic heterocycles. The molecule has 1 atom stereocenters. The summed E-state index contributed by atoms with van der Waals surface area (Å²) in [7, 11) is 0. The monoisotopic (exact) mass is 669 g/mol. The summed E-state index contributed by atoms with van der Waals surface area (Å²) in [5, 5.41) is 6.60. The fourth-order valence-corrected chi connectivity index (χ4v) is 8.42. The number of pyridine rings is 2. The molecule has 5 nitrogen and oxygen atoms in total. The Bertz CT molecular complexity index is 3000. The normalized spacial score (nSPS) is 14.2. The van der Waals surface area contributed by atoms with Crippen LogP contribution in [0.15, 0.2) is 162 Å². The lowest BCUT2D eigenvalue weighted by atomic mass is 9.95. The van der Waals surface area contributed by atoms with Gasteiger partial charge >= 0.3 is 0 Å². The van der Waals surface area contributed by atoms with Gasteiger partial charge in [-0.05, 0) is 94.8 Å². The van der Waals surface area contributed by atoms with Gasteiger partial charge in [0.25, 0.3) is 0 Å². The van der Waals surface area contributed by atoms with Crippen LogP contribution < -0.4 is 4.74 Å². The molecule has 52 heavy (non-hydrogen) atoms. The number of rotatable bonds is 5. The van der Waals surface area contributed by atoms with Gasteiger partial charge < -0.3 is 9.15 Å². The van der Waals surface area contributed by atoms with Crippen LogP contribution in [0, 0.1) is 0 Å². The van der Waals surface area contributed by atoms with E-state index < -0.39 is 0 Å². The van der Waals surface area contributed by atoms with E-state index in [2.05, 4.69) is 144 Å². The van der Waals surface area contributed by atoms with E-state index in [9.17, 15) is 0 Å². The number of furan rings is 1. The third kappa shape index (κ3) is 4.49. The van der Waals surface area contributed by atoms with Gasteiger partial charge in [0.15, 0.2) is 0 Å². The first-order chi connectivity index (χ1) is 25.8. The van der Waals surface area contributed by atoms with Crippen molar-refractivity contribution in [3.05, 3.63) is 175 Å². The van der Waals surface area contributed by atoms with Crippen LogP contribution in [0.1, 0.15) is 22.6 Å².